The minimum absolute atomic E-state index is 0.0450. The van der Waals surface area contributed by atoms with Gasteiger partial charge in [0.05, 0.1) is 6.54 Å². The molecule has 0 radical (unpaired) electrons. The fourth-order valence-electron chi connectivity index (χ4n) is 4.29. The fourth-order valence-corrected chi connectivity index (χ4v) is 4.29. The molecule has 0 saturated carbocycles. The number of carbonyl (C=O) groups is 3. The molecular formula is C24H24F3N3O4. The Labute approximate surface area is 194 Å². The summed E-state index contributed by atoms with van der Waals surface area (Å²) in [5.41, 5.74) is -0.0226. The molecule has 0 bridgehead atoms. The minimum atomic E-state index is -4.83. The number of carbonyl (C=O) groups excluding carboxylic acids is 3. The molecule has 1 atom stereocenters. The van der Waals surface area contributed by atoms with Crippen molar-refractivity contribution in [3.63, 3.8) is 0 Å². The number of hydrogen-bond donors (Lipinski definition) is 1. The quantitative estimate of drug-likeness (QED) is 0.659. The van der Waals surface area contributed by atoms with E-state index in [4.69, 9.17) is 0 Å². The van der Waals surface area contributed by atoms with E-state index in [-0.39, 0.29) is 12.5 Å². The molecule has 0 aromatic heterocycles. The fraction of sp³-hybridized carbons (Fsp3) is 0.375. The molecule has 34 heavy (non-hydrogen) atoms. The number of halogens is 3. The summed E-state index contributed by atoms with van der Waals surface area (Å²) in [5, 5.41) is 2.62. The Morgan fingerprint density at radius 1 is 1.06 bits per heavy atom. The molecule has 2 saturated heterocycles. The summed E-state index contributed by atoms with van der Waals surface area (Å²) in [5.74, 6) is -1.05. The van der Waals surface area contributed by atoms with Gasteiger partial charge in [0, 0.05) is 18.7 Å². The van der Waals surface area contributed by atoms with E-state index < -0.39 is 29.6 Å². The third kappa shape index (κ3) is 4.85. The van der Waals surface area contributed by atoms with Crippen molar-refractivity contribution in [1.29, 1.82) is 0 Å². The molecule has 2 aliphatic heterocycles. The second-order valence-electron chi connectivity index (χ2n) is 8.57. The van der Waals surface area contributed by atoms with Crippen LogP contribution in [0.15, 0.2) is 48.5 Å². The van der Waals surface area contributed by atoms with Crippen molar-refractivity contribution < 1.29 is 32.3 Å². The number of amides is 4. The molecule has 0 aliphatic carbocycles. The molecule has 2 heterocycles. The summed E-state index contributed by atoms with van der Waals surface area (Å²) in [4.78, 5) is 41.5. The summed E-state index contributed by atoms with van der Waals surface area (Å²) in [6.45, 7) is 2.86. The standard InChI is InChI=1S/C24H24F3N3O4/c1-23(18-8-10-19(11-9-18)34-24(25,26)27)21(32)30(22(33)28-23)15-16-6-5-7-17(14-16)20(31)29-12-3-2-4-13-29/h5-11,14H,2-4,12-13,15H2,1H3,(H,28,33). The van der Waals surface area contributed by atoms with Crippen LogP contribution in [-0.2, 0) is 16.9 Å². The lowest BCUT2D eigenvalue weighted by Gasteiger charge is -2.27. The number of alkyl halides is 3. The Kier molecular flexibility index (Phi) is 6.24. The van der Waals surface area contributed by atoms with E-state index in [1.807, 2.05) is 0 Å². The van der Waals surface area contributed by atoms with Crippen LogP contribution in [0.1, 0.15) is 47.7 Å². The number of imide groups is 1. The SMILES string of the molecule is CC1(c2ccc(OC(F)(F)F)cc2)NC(=O)N(Cc2cccc(C(=O)N3CCCCC3)c2)C1=O. The Morgan fingerprint density at radius 3 is 2.38 bits per heavy atom. The van der Waals surface area contributed by atoms with Crippen LogP contribution in [0.5, 0.6) is 5.75 Å². The van der Waals surface area contributed by atoms with E-state index in [0.29, 0.717) is 29.8 Å². The highest BCUT2D eigenvalue weighted by Crippen LogP contribution is 2.32. The monoisotopic (exact) mass is 475 g/mol. The number of benzene rings is 2. The van der Waals surface area contributed by atoms with Crippen LogP contribution in [0.25, 0.3) is 0 Å². The van der Waals surface area contributed by atoms with Gasteiger partial charge in [0.2, 0.25) is 0 Å². The van der Waals surface area contributed by atoms with Gasteiger partial charge in [-0.2, -0.15) is 0 Å². The van der Waals surface area contributed by atoms with Crippen LogP contribution < -0.4 is 10.1 Å². The van der Waals surface area contributed by atoms with E-state index in [9.17, 15) is 27.6 Å². The first-order valence-corrected chi connectivity index (χ1v) is 11.0. The van der Waals surface area contributed by atoms with Gasteiger partial charge in [0.1, 0.15) is 11.3 Å². The van der Waals surface area contributed by atoms with Crippen molar-refractivity contribution in [2.24, 2.45) is 0 Å². The van der Waals surface area contributed by atoms with E-state index in [2.05, 4.69) is 10.1 Å². The topological polar surface area (TPSA) is 79.0 Å². The molecule has 2 fully saturated rings. The lowest BCUT2D eigenvalue weighted by Crippen LogP contribution is -2.40. The molecule has 2 aromatic rings. The first kappa shape index (κ1) is 23.6. The number of piperidine rings is 1. The van der Waals surface area contributed by atoms with Gasteiger partial charge in [0.15, 0.2) is 0 Å². The zero-order chi connectivity index (χ0) is 24.5. The maximum absolute atomic E-state index is 13.2. The van der Waals surface area contributed by atoms with Crippen LogP contribution in [0.2, 0.25) is 0 Å². The van der Waals surface area contributed by atoms with Crippen LogP contribution in [0, 0.1) is 0 Å². The largest absolute Gasteiger partial charge is 0.573 e. The van der Waals surface area contributed by atoms with Gasteiger partial charge >= 0.3 is 12.4 Å². The molecule has 1 N–H and O–H groups in total. The lowest BCUT2D eigenvalue weighted by molar-refractivity contribution is -0.274. The van der Waals surface area contributed by atoms with E-state index in [1.165, 1.54) is 19.1 Å². The molecule has 10 heteroatoms. The van der Waals surface area contributed by atoms with E-state index in [1.54, 1.807) is 29.2 Å². The van der Waals surface area contributed by atoms with Gasteiger partial charge in [-0.1, -0.05) is 24.3 Å². The van der Waals surface area contributed by atoms with Crippen LogP contribution >= 0.6 is 0 Å². The third-order valence-corrected chi connectivity index (χ3v) is 6.10. The third-order valence-electron chi connectivity index (χ3n) is 6.10. The summed E-state index contributed by atoms with van der Waals surface area (Å²) >= 11 is 0. The van der Waals surface area contributed by atoms with Crippen molar-refractivity contribution in [2.75, 3.05) is 13.1 Å². The van der Waals surface area contributed by atoms with Crippen molar-refractivity contribution in [3.8, 4) is 5.75 Å². The summed E-state index contributed by atoms with van der Waals surface area (Å²) < 4.78 is 41.1. The number of urea groups is 1. The summed E-state index contributed by atoms with van der Waals surface area (Å²) in [6.07, 6.45) is -1.79. The number of hydrogen-bond acceptors (Lipinski definition) is 4. The van der Waals surface area contributed by atoms with Crippen LogP contribution in [-0.4, -0.2) is 47.1 Å². The number of likely N-dealkylation sites (tertiary alicyclic amines) is 1. The Bertz CT molecular complexity index is 1100. The smallest absolute Gasteiger partial charge is 0.406 e. The number of ether oxygens (including phenoxy) is 1. The molecule has 7 nitrogen and oxygen atoms in total. The summed E-state index contributed by atoms with van der Waals surface area (Å²) in [7, 11) is 0. The number of nitrogens with one attached hydrogen (secondary N) is 1. The predicted molar refractivity (Wildman–Crippen MR) is 116 cm³/mol. The molecular weight excluding hydrogens is 451 g/mol. The second kappa shape index (κ2) is 9.00. The van der Waals surface area contributed by atoms with Crippen molar-refractivity contribution >= 4 is 17.8 Å². The highest BCUT2D eigenvalue weighted by atomic mass is 19.4. The lowest BCUT2D eigenvalue weighted by atomic mass is 9.92. The highest BCUT2D eigenvalue weighted by molar-refractivity contribution is 6.07. The summed E-state index contributed by atoms with van der Waals surface area (Å²) in [6, 6.07) is 11.0. The predicted octanol–water partition coefficient (Wildman–Crippen LogP) is 4.18. The molecule has 2 aliphatic rings. The molecule has 2 aromatic carbocycles. The first-order chi connectivity index (χ1) is 16.1. The Hall–Kier alpha value is -3.56. The van der Waals surface area contributed by atoms with Gasteiger partial charge in [0.25, 0.3) is 11.8 Å². The van der Waals surface area contributed by atoms with Gasteiger partial charge < -0.3 is 15.0 Å². The average molecular weight is 475 g/mol. The molecule has 180 valence electrons. The van der Waals surface area contributed by atoms with Gasteiger partial charge in [-0.05, 0) is 61.6 Å². The van der Waals surface area contributed by atoms with Gasteiger partial charge in [-0.25, -0.2) is 4.79 Å². The maximum Gasteiger partial charge on any atom is 0.573 e. The van der Waals surface area contributed by atoms with Crippen molar-refractivity contribution in [1.82, 2.24) is 15.1 Å². The van der Waals surface area contributed by atoms with Gasteiger partial charge in [-0.15, -0.1) is 13.2 Å². The zero-order valence-corrected chi connectivity index (χ0v) is 18.5. The minimum Gasteiger partial charge on any atom is -0.406 e. The van der Waals surface area contributed by atoms with Gasteiger partial charge in [-0.3, -0.25) is 14.5 Å². The molecule has 0 spiro atoms. The average Bonchev–Trinajstić information content (AvgIpc) is 3.02. The van der Waals surface area contributed by atoms with Crippen molar-refractivity contribution in [3.05, 3.63) is 65.2 Å². The zero-order valence-electron chi connectivity index (χ0n) is 18.5. The number of nitrogens with zero attached hydrogens (tertiary/aromatic N) is 2. The van der Waals surface area contributed by atoms with E-state index in [0.717, 1.165) is 36.3 Å². The van der Waals surface area contributed by atoms with Crippen LogP contribution in [0.3, 0.4) is 0 Å². The molecule has 1 unspecified atom stereocenters. The maximum atomic E-state index is 13.2. The highest BCUT2D eigenvalue weighted by Gasteiger charge is 2.49. The Morgan fingerprint density at radius 2 is 1.74 bits per heavy atom. The first-order valence-electron chi connectivity index (χ1n) is 11.0. The van der Waals surface area contributed by atoms with Crippen LogP contribution in [0.4, 0.5) is 18.0 Å². The van der Waals surface area contributed by atoms with E-state index >= 15 is 0 Å². The van der Waals surface area contributed by atoms with Crippen molar-refractivity contribution in [2.45, 2.75) is 44.6 Å². The second-order valence-corrected chi connectivity index (χ2v) is 8.57. The molecule has 4 amide bonds. The normalized spacial score (nSPS) is 20.9. The Balaban J connectivity index is 1.49. The molecule has 4 rings (SSSR count). The number of rotatable bonds is 5.